The van der Waals surface area contributed by atoms with Crippen LogP contribution in [0.2, 0.25) is 0 Å². The topological polar surface area (TPSA) is 116 Å². The second kappa shape index (κ2) is 6.85. The molecule has 0 aliphatic carbocycles. The van der Waals surface area contributed by atoms with Crippen LogP contribution in [0, 0.1) is 10.1 Å². The molecule has 0 saturated carbocycles. The molecule has 1 N–H and O–H groups in total. The largest absolute Gasteiger partial charge is 0.325 e. The maximum Gasteiger partial charge on any atom is 0.271 e. The highest BCUT2D eigenvalue weighted by molar-refractivity contribution is 8.00. The molecule has 10 heteroatoms. The van der Waals surface area contributed by atoms with Crippen LogP contribution in [0.3, 0.4) is 0 Å². The molecule has 1 amide bonds. The number of carbonyl (C=O) groups is 1. The van der Waals surface area contributed by atoms with E-state index in [1.54, 1.807) is 30.9 Å². The summed E-state index contributed by atoms with van der Waals surface area (Å²) in [6.45, 7) is 1.74. The van der Waals surface area contributed by atoms with Crippen LogP contribution in [0.5, 0.6) is 0 Å². The highest BCUT2D eigenvalue weighted by atomic mass is 32.2. The third-order valence-electron chi connectivity index (χ3n) is 3.48. The van der Waals surface area contributed by atoms with Gasteiger partial charge in [-0.15, -0.1) is 0 Å². The van der Waals surface area contributed by atoms with Gasteiger partial charge in [0, 0.05) is 24.9 Å². The van der Waals surface area contributed by atoms with Gasteiger partial charge in [-0.25, -0.2) is 9.97 Å². The Morgan fingerprint density at radius 3 is 2.96 bits per heavy atom. The highest BCUT2D eigenvalue weighted by Crippen LogP contribution is 2.28. The Hall–Kier alpha value is -3.01. The van der Waals surface area contributed by atoms with E-state index in [9.17, 15) is 14.9 Å². The fourth-order valence-electron chi connectivity index (χ4n) is 2.20. The molecule has 25 heavy (non-hydrogen) atoms. The fourth-order valence-corrected chi connectivity index (χ4v) is 3.08. The van der Waals surface area contributed by atoms with Crippen molar-refractivity contribution >= 4 is 40.1 Å². The molecule has 0 aliphatic rings. The lowest BCUT2D eigenvalue weighted by molar-refractivity contribution is -0.384. The third kappa shape index (κ3) is 3.58. The first-order valence-corrected chi connectivity index (χ1v) is 8.18. The van der Waals surface area contributed by atoms with Gasteiger partial charge < -0.3 is 5.32 Å². The molecule has 0 radical (unpaired) electrons. The maximum absolute atomic E-state index is 12.4. The molecule has 1 aromatic carbocycles. The Bertz CT molecular complexity index is 957. The van der Waals surface area contributed by atoms with Crippen molar-refractivity contribution in [2.24, 2.45) is 7.05 Å². The molecule has 2 heterocycles. The van der Waals surface area contributed by atoms with Gasteiger partial charge in [-0.05, 0) is 13.0 Å². The lowest BCUT2D eigenvalue weighted by Crippen LogP contribution is -2.22. The minimum Gasteiger partial charge on any atom is -0.325 e. The summed E-state index contributed by atoms with van der Waals surface area (Å²) < 4.78 is 1.63. The van der Waals surface area contributed by atoms with E-state index in [0.717, 1.165) is 5.39 Å². The normalized spacial score (nSPS) is 12.1. The van der Waals surface area contributed by atoms with E-state index in [-0.39, 0.29) is 11.6 Å². The number of benzene rings is 1. The van der Waals surface area contributed by atoms with Gasteiger partial charge in [-0.2, -0.15) is 5.10 Å². The first-order valence-electron chi connectivity index (χ1n) is 7.30. The number of thioether (sulfide) groups is 1. The number of nitro groups is 1. The van der Waals surface area contributed by atoms with Crippen LogP contribution in [0.25, 0.3) is 11.0 Å². The van der Waals surface area contributed by atoms with E-state index in [4.69, 9.17) is 0 Å². The molecule has 0 saturated heterocycles. The van der Waals surface area contributed by atoms with Crippen molar-refractivity contribution in [2.45, 2.75) is 17.2 Å². The summed E-state index contributed by atoms with van der Waals surface area (Å²) in [5.74, 6) is -0.277. The van der Waals surface area contributed by atoms with Crippen LogP contribution < -0.4 is 5.32 Å². The lowest BCUT2D eigenvalue weighted by Gasteiger charge is -2.11. The van der Waals surface area contributed by atoms with Gasteiger partial charge in [-0.1, -0.05) is 17.8 Å². The molecular formula is C15H14N6O3S. The average molecular weight is 358 g/mol. The van der Waals surface area contributed by atoms with Crippen molar-refractivity contribution in [2.75, 3.05) is 5.32 Å². The number of aromatic nitrogens is 4. The SMILES string of the molecule is CC(Sc1ncnc2c1cnn2C)C(=O)Nc1cccc([N+](=O)[O-])c1. The molecule has 0 fully saturated rings. The number of hydrogen-bond acceptors (Lipinski definition) is 7. The van der Waals surface area contributed by atoms with Gasteiger partial charge in [0.1, 0.15) is 11.4 Å². The molecule has 128 valence electrons. The fraction of sp³-hybridized carbons (Fsp3) is 0.200. The lowest BCUT2D eigenvalue weighted by atomic mass is 10.2. The summed E-state index contributed by atoms with van der Waals surface area (Å²) in [5.41, 5.74) is 0.982. The maximum atomic E-state index is 12.4. The molecular weight excluding hydrogens is 344 g/mol. The smallest absolute Gasteiger partial charge is 0.271 e. The number of hydrogen-bond donors (Lipinski definition) is 1. The van der Waals surface area contributed by atoms with Crippen LogP contribution in [0.1, 0.15) is 6.92 Å². The zero-order chi connectivity index (χ0) is 18.0. The summed E-state index contributed by atoms with van der Waals surface area (Å²) in [7, 11) is 1.78. The first kappa shape index (κ1) is 16.8. The Morgan fingerprint density at radius 1 is 1.40 bits per heavy atom. The van der Waals surface area contributed by atoms with E-state index < -0.39 is 10.2 Å². The van der Waals surface area contributed by atoms with Gasteiger partial charge in [0.15, 0.2) is 5.65 Å². The standard InChI is InChI=1S/C15H14N6O3S/c1-9(14(22)19-10-4-3-5-11(6-10)21(23)24)25-15-12-7-18-20(2)13(12)16-8-17-15/h3-9H,1-2H3,(H,19,22). The quantitative estimate of drug-likeness (QED) is 0.322. The number of anilines is 1. The van der Waals surface area contributed by atoms with Crippen molar-refractivity contribution in [1.29, 1.82) is 0 Å². The summed E-state index contributed by atoms with van der Waals surface area (Å²) in [5, 5.41) is 18.6. The number of fused-ring (bicyclic) bond motifs is 1. The number of nitrogens with one attached hydrogen (secondary N) is 1. The number of carbonyl (C=O) groups excluding carboxylic acids is 1. The van der Waals surface area contributed by atoms with Crippen molar-refractivity contribution in [3.63, 3.8) is 0 Å². The van der Waals surface area contributed by atoms with E-state index in [0.29, 0.717) is 16.4 Å². The number of non-ortho nitro benzene ring substituents is 1. The minimum absolute atomic E-state index is 0.0778. The Labute approximate surface area is 146 Å². The van der Waals surface area contributed by atoms with Crippen LogP contribution in [-0.2, 0) is 11.8 Å². The van der Waals surface area contributed by atoms with Crippen molar-refractivity contribution in [1.82, 2.24) is 19.7 Å². The Kier molecular flexibility index (Phi) is 4.61. The van der Waals surface area contributed by atoms with Gasteiger partial charge in [0.25, 0.3) is 5.69 Å². The molecule has 0 spiro atoms. The summed E-state index contributed by atoms with van der Waals surface area (Å²) in [6.07, 6.45) is 3.08. The predicted molar refractivity (Wildman–Crippen MR) is 93.3 cm³/mol. The molecule has 9 nitrogen and oxygen atoms in total. The summed E-state index contributed by atoms with van der Waals surface area (Å²) in [6, 6.07) is 5.81. The van der Waals surface area contributed by atoms with Gasteiger partial charge in [-0.3, -0.25) is 19.6 Å². The minimum atomic E-state index is -0.506. The molecule has 2 aromatic heterocycles. The van der Waals surface area contributed by atoms with Crippen LogP contribution >= 0.6 is 11.8 Å². The van der Waals surface area contributed by atoms with Crippen LogP contribution in [0.15, 0.2) is 41.8 Å². The monoisotopic (exact) mass is 358 g/mol. The Balaban J connectivity index is 1.74. The molecule has 3 rings (SSSR count). The zero-order valence-electron chi connectivity index (χ0n) is 13.4. The van der Waals surface area contributed by atoms with Gasteiger partial charge >= 0.3 is 0 Å². The van der Waals surface area contributed by atoms with Crippen LogP contribution in [0.4, 0.5) is 11.4 Å². The predicted octanol–water partition coefficient (Wildman–Crippen LogP) is 2.39. The number of amides is 1. The summed E-state index contributed by atoms with van der Waals surface area (Å²) >= 11 is 1.27. The molecule has 0 bridgehead atoms. The van der Waals surface area contributed by atoms with Crippen molar-refractivity contribution in [3.05, 3.63) is 46.9 Å². The zero-order valence-corrected chi connectivity index (χ0v) is 14.2. The number of aryl methyl sites for hydroxylation is 1. The van der Waals surface area contributed by atoms with E-state index >= 15 is 0 Å². The highest BCUT2D eigenvalue weighted by Gasteiger charge is 2.19. The Morgan fingerprint density at radius 2 is 2.20 bits per heavy atom. The number of rotatable bonds is 5. The van der Waals surface area contributed by atoms with Crippen molar-refractivity contribution in [3.8, 4) is 0 Å². The van der Waals surface area contributed by atoms with Gasteiger partial charge in [0.2, 0.25) is 5.91 Å². The third-order valence-corrected chi connectivity index (χ3v) is 4.59. The number of nitrogens with zero attached hydrogens (tertiary/aromatic N) is 5. The molecule has 3 aromatic rings. The summed E-state index contributed by atoms with van der Waals surface area (Å²) in [4.78, 5) is 31.0. The second-order valence-corrected chi connectivity index (χ2v) is 6.57. The van der Waals surface area contributed by atoms with E-state index in [2.05, 4.69) is 20.4 Å². The molecule has 1 unspecified atom stereocenters. The first-order chi connectivity index (χ1) is 12.0. The van der Waals surface area contributed by atoms with Crippen molar-refractivity contribution < 1.29 is 9.72 Å². The average Bonchev–Trinajstić information content (AvgIpc) is 2.97. The number of nitro benzene ring substituents is 1. The van der Waals surface area contributed by atoms with E-state index in [1.807, 2.05) is 0 Å². The van der Waals surface area contributed by atoms with Gasteiger partial charge in [0.05, 0.1) is 21.8 Å². The van der Waals surface area contributed by atoms with E-state index in [1.165, 1.54) is 36.3 Å². The second-order valence-electron chi connectivity index (χ2n) is 5.24. The molecule has 1 atom stereocenters. The molecule has 0 aliphatic heterocycles. The van der Waals surface area contributed by atoms with Crippen LogP contribution in [-0.4, -0.2) is 35.8 Å².